The van der Waals surface area contributed by atoms with Gasteiger partial charge in [-0.15, -0.1) is 0 Å². The zero-order valence-electron chi connectivity index (χ0n) is 19.5. The number of halogens is 3. The minimum Gasteiger partial charge on any atom is -0.393 e. The Morgan fingerprint density at radius 3 is 2.62 bits per heavy atom. The Bertz CT molecular complexity index is 1020. The van der Waals surface area contributed by atoms with E-state index >= 15 is 0 Å². The molecule has 4 rings (SSSR count). The number of amides is 1. The second-order valence-corrected chi connectivity index (χ2v) is 9.83. The summed E-state index contributed by atoms with van der Waals surface area (Å²) in [6, 6.07) is 3.81. The highest BCUT2D eigenvalue weighted by Gasteiger charge is 2.41. The molecule has 1 atom stereocenters. The third-order valence-corrected chi connectivity index (χ3v) is 7.46. The number of rotatable bonds is 7. The molecule has 1 aliphatic carbocycles. The summed E-state index contributed by atoms with van der Waals surface area (Å²) < 4.78 is 39.2. The average Bonchev–Trinajstić information content (AvgIpc) is 2.79. The maximum absolute atomic E-state index is 13.1. The summed E-state index contributed by atoms with van der Waals surface area (Å²) in [7, 11) is 0. The molecule has 1 aliphatic heterocycles. The molecule has 10 heteroatoms. The summed E-state index contributed by atoms with van der Waals surface area (Å²) in [6.07, 6.45) is 1.43. The Hall–Kier alpha value is -2.46. The molecule has 1 aromatic heterocycles. The van der Waals surface area contributed by atoms with Gasteiger partial charge in [-0.05, 0) is 55.7 Å². The SMILES string of the molecule is CCC(O)C1(C)CCC(N2CC(NC(=O)CNc3ncnc4ccc(C(F)(F)F)cc34)C2)CC1. The number of benzene rings is 1. The predicted octanol–water partition coefficient (Wildman–Crippen LogP) is 3.58. The molecule has 2 aliphatic rings. The van der Waals surface area contributed by atoms with E-state index in [1.165, 1.54) is 12.4 Å². The number of aromatic nitrogens is 2. The van der Waals surface area contributed by atoms with Gasteiger partial charge in [0.25, 0.3) is 0 Å². The molecule has 1 saturated heterocycles. The summed E-state index contributed by atoms with van der Waals surface area (Å²) in [5.41, 5.74) is -0.416. The maximum Gasteiger partial charge on any atom is 0.416 e. The van der Waals surface area contributed by atoms with Gasteiger partial charge in [-0.3, -0.25) is 9.69 Å². The second-order valence-electron chi connectivity index (χ2n) is 9.83. The molecule has 1 saturated carbocycles. The van der Waals surface area contributed by atoms with Crippen LogP contribution in [0.5, 0.6) is 0 Å². The van der Waals surface area contributed by atoms with E-state index < -0.39 is 11.7 Å². The zero-order valence-corrected chi connectivity index (χ0v) is 19.5. The lowest BCUT2D eigenvalue weighted by Crippen LogP contribution is -2.63. The summed E-state index contributed by atoms with van der Waals surface area (Å²) in [5, 5.41) is 16.3. The number of carbonyl (C=O) groups excluding carboxylic acids is 1. The van der Waals surface area contributed by atoms with E-state index in [1.807, 2.05) is 6.92 Å². The summed E-state index contributed by atoms with van der Waals surface area (Å²) in [4.78, 5) is 22.8. The van der Waals surface area contributed by atoms with Crippen molar-refractivity contribution in [3.05, 3.63) is 30.1 Å². The van der Waals surface area contributed by atoms with Crippen molar-refractivity contribution < 1.29 is 23.1 Å². The monoisotopic (exact) mass is 479 g/mol. The first kappa shape index (κ1) is 24.7. The lowest BCUT2D eigenvalue weighted by Gasteiger charge is -2.49. The van der Waals surface area contributed by atoms with Crippen molar-refractivity contribution in [2.45, 2.75) is 70.3 Å². The lowest BCUT2D eigenvalue weighted by atomic mass is 9.69. The van der Waals surface area contributed by atoms with E-state index in [0.29, 0.717) is 11.6 Å². The van der Waals surface area contributed by atoms with Crippen molar-refractivity contribution >= 4 is 22.6 Å². The zero-order chi connectivity index (χ0) is 24.5. The van der Waals surface area contributed by atoms with Crippen LogP contribution in [0.25, 0.3) is 10.9 Å². The minimum atomic E-state index is -4.47. The fraction of sp³-hybridized carbons (Fsp3) is 0.625. The summed E-state index contributed by atoms with van der Waals surface area (Å²) >= 11 is 0. The molecule has 2 fully saturated rings. The number of aliphatic hydroxyl groups excluding tert-OH is 1. The van der Waals surface area contributed by atoms with Crippen LogP contribution in [0.15, 0.2) is 24.5 Å². The number of nitrogens with zero attached hydrogens (tertiary/aromatic N) is 3. The van der Waals surface area contributed by atoms with Gasteiger partial charge in [0.1, 0.15) is 12.1 Å². The van der Waals surface area contributed by atoms with E-state index in [1.54, 1.807) is 0 Å². The van der Waals surface area contributed by atoms with Gasteiger partial charge in [-0.1, -0.05) is 13.8 Å². The number of alkyl halides is 3. The van der Waals surface area contributed by atoms with E-state index in [2.05, 4.69) is 32.4 Å². The molecule has 1 amide bonds. The van der Waals surface area contributed by atoms with Crippen LogP contribution >= 0.6 is 0 Å². The molecule has 3 N–H and O–H groups in total. The number of nitrogens with one attached hydrogen (secondary N) is 2. The smallest absolute Gasteiger partial charge is 0.393 e. The molecule has 2 aromatic rings. The van der Waals surface area contributed by atoms with Gasteiger partial charge < -0.3 is 15.7 Å². The van der Waals surface area contributed by atoms with Gasteiger partial charge >= 0.3 is 6.18 Å². The molecular weight excluding hydrogens is 447 g/mol. The highest BCUT2D eigenvalue weighted by molar-refractivity contribution is 5.91. The van der Waals surface area contributed by atoms with Crippen molar-refractivity contribution in [3.63, 3.8) is 0 Å². The van der Waals surface area contributed by atoms with E-state index in [9.17, 15) is 23.1 Å². The highest BCUT2D eigenvalue weighted by atomic mass is 19.4. The summed E-state index contributed by atoms with van der Waals surface area (Å²) in [6.45, 7) is 5.68. The third kappa shape index (κ3) is 5.27. The van der Waals surface area contributed by atoms with Crippen LogP contribution < -0.4 is 10.6 Å². The second kappa shape index (κ2) is 9.65. The summed E-state index contributed by atoms with van der Waals surface area (Å²) in [5.74, 6) is -0.0355. The van der Waals surface area contributed by atoms with Crippen LogP contribution in [0, 0.1) is 5.41 Å². The predicted molar refractivity (Wildman–Crippen MR) is 123 cm³/mol. The molecule has 2 heterocycles. The van der Waals surface area contributed by atoms with Crippen molar-refractivity contribution in [1.29, 1.82) is 0 Å². The topological polar surface area (TPSA) is 90.4 Å². The molecule has 7 nitrogen and oxygen atoms in total. The fourth-order valence-electron chi connectivity index (χ4n) is 5.17. The number of carbonyl (C=O) groups is 1. The van der Waals surface area contributed by atoms with E-state index in [0.717, 1.165) is 57.3 Å². The standard InChI is InChI=1S/C24H32F3N5O2/c1-3-20(33)23(2)8-6-17(7-9-23)32-12-16(13-32)31-21(34)11-28-22-18-10-15(24(25,26)27)4-5-19(18)29-14-30-22/h4-5,10,14,16-17,20,33H,3,6-9,11-13H2,1-2H3,(H,31,34)(H,28,29,30). The Morgan fingerprint density at radius 2 is 1.97 bits per heavy atom. The molecular formula is C24H32F3N5O2. The first-order chi connectivity index (χ1) is 16.1. The Labute approximate surface area is 197 Å². The number of anilines is 1. The lowest BCUT2D eigenvalue weighted by molar-refractivity contribution is -0.137. The molecule has 0 bridgehead atoms. The first-order valence-corrected chi connectivity index (χ1v) is 11.9. The Balaban J connectivity index is 1.25. The molecule has 1 aromatic carbocycles. The molecule has 34 heavy (non-hydrogen) atoms. The van der Waals surface area contributed by atoms with E-state index in [-0.39, 0.29) is 41.2 Å². The molecule has 1 unspecified atom stereocenters. The largest absolute Gasteiger partial charge is 0.416 e. The number of aliphatic hydroxyl groups is 1. The van der Waals surface area contributed by atoms with Crippen LogP contribution in [0.4, 0.5) is 19.0 Å². The number of likely N-dealkylation sites (tertiary alicyclic amines) is 1. The molecule has 0 spiro atoms. The minimum absolute atomic E-state index is 0.00142. The third-order valence-electron chi connectivity index (χ3n) is 7.46. The van der Waals surface area contributed by atoms with Crippen molar-refractivity contribution in [2.75, 3.05) is 25.0 Å². The Kier molecular flexibility index (Phi) is 7.00. The van der Waals surface area contributed by atoms with Gasteiger partial charge in [-0.2, -0.15) is 13.2 Å². The van der Waals surface area contributed by atoms with Crippen LogP contribution in [0.3, 0.4) is 0 Å². The van der Waals surface area contributed by atoms with Gasteiger partial charge in [0.15, 0.2) is 0 Å². The highest BCUT2D eigenvalue weighted by Crippen LogP contribution is 2.42. The van der Waals surface area contributed by atoms with Crippen molar-refractivity contribution in [1.82, 2.24) is 20.2 Å². The normalized spacial score (nSPS) is 25.1. The van der Waals surface area contributed by atoms with Crippen molar-refractivity contribution in [3.8, 4) is 0 Å². The number of hydrogen-bond acceptors (Lipinski definition) is 6. The maximum atomic E-state index is 13.1. The number of fused-ring (bicyclic) bond motifs is 1. The van der Waals surface area contributed by atoms with Crippen LogP contribution in [-0.2, 0) is 11.0 Å². The molecule has 0 radical (unpaired) electrons. The quantitative estimate of drug-likeness (QED) is 0.563. The van der Waals surface area contributed by atoms with Gasteiger partial charge in [-0.25, -0.2) is 9.97 Å². The van der Waals surface area contributed by atoms with Crippen LogP contribution in [-0.4, -0.2) is 63.7 Å². The average molecular weight is 480 g/mol. The van der Waals surface area contributed by atoms with Gasteiger partial charge in [0.05, 0.1) is 29.8 Å². The molecule has 186 valence electrons. The van der Waals surface area contributed by atoms with Gasteiger partial charge in [0, 0.05) is 24.5 Å². The first-order valence-electron chi connectivity index (χ1n) is 11.9. The van der Waals surface area contributed by atoms with Gasteiger partial charge in [0.2, 0.25) is 5.91 Å². The van der Waals surface area contributed by atoms with E-state index in [4.69, 9.17) is 0 Å². The number of hydrogen-bond donors (Lipinski definition) is 3. The van der Waals surface area contributed by atoms with Crippen molar-refractivity contribution in [2.24, 2.45) is 5.41 Å². The Morgan fingerprint density at radius 1 is 1.26 bits per heavy atom. The van der Waals surface area contributed by atoms with Crippen LogP contribution in [0.1, 0.15) is 51.5 Å². The van der Waals surface area contributed by atoms with Crippen LogP contribution in [0.2, 0.25) is 0 Å². The fourth-order valence-corrected chi connectivity index (χ4v) is 5.17.